The molecule has 0 aliphatic heterocycles. The smallest absolute Gasteiger partial charge is 0.306 e. The van der Waals surface area contributed by atoms with Crippen LogP contribution in [0.1, 0.15) is 213 Å². The first-order valence-electron chi connectivity index (χ1n) is 24.4. The maximum Gasteiger partial charge on any atom is 0.306 e. The molecule has 0 aromatic carbocycles. The lowest BCUT2D eigenvalue weighted by Gasteiger charge is -2.24. The van der Waals surface area contributed by atoms with Crippen molar-refractivity contribution in [2.75, 3.05) is 6.61 Å². The standard InChI is InChI=1S/C53H91NO5/c1-4-7-10-13-16-19-22-24-25-26-27-29-31-34-37-40-43-46-53(58)59-49(44-41-38-35-32-30-28-23-20-17-14-11-8-5-2)47-52(57)54-50(48-55)51(56)45-42-39-36-33-21-18-15-12-9-6-3/h8,11,14,16-17,19-20,23-25,28,30,32,35,49-51,55-56H,4-7,9-10,12-13,15,18,21-22,26-27,29,31,33-34,36-48H2,1-3H3,(H,54,57)/b11-8+,17-14+,19-16-,23-20-,25-24-,30-28-,35-32+. The Morgan fingerprint density at radius 3 is 1.58 bits per heavy atom. The molecule has 3 atom stereocenters. The van der Waals surface area contributed by atoms with E-state index >= 15 is 0 Å². The number of unbranched alkanes of at least 4 members (excludes halogenated alkanes) is 20. The molecule has 0 aromatic rings. The van der Waals surface area contributed by atoms with Gasteiger partial charge >= 0.3 is 5.97 Å². The van der Waals surface area contributed by atoms with Crippen molar-refractivity contribution in [1.29, 1.82) is 0 Å². The Labute approximate surface area is 363 Å². The second kappa shape index (κ2) is 46.1. The summed E-state index contributed by atoms with van der Waals surface area (Å²) < 4.78 is 5.88. The topological polar surface area (TPSA) is 95.9 Å². The summed E-state index contributed by atoms with van der Waals surface area (Å²) in [7, 11) is 0. The van der Waals surface area contributed by atoms with Crippen LogP contribution in [0, 0.1) is 0 Å². The number of hydrogen-bond acceptors (Lipinski definition) is 5. The zero-order valence-corrected chi connectivity index (χ0v) is 38.4. The van der Waals surface area contributed by atoms with Gasteiger partial charge in [-0.15, -0.1) is 0 Å². The molecule has 0 aliphatic rings. The summed E-state index contributed by atoms with van der Waals surface area (Å²) in [6.07, 6.45) is 59.3. The van der Waals surface area contributed by atoms with E-state index in [1.165, 1.54) is 96.3 Å². The first-order valence-corrected chi connectivity index (χ1v) is 24.4. The molecule has 0 rings (SSSR count). The molecular formula is C53H91NO5. The molecule has 0 fully saturated rings. The maximum absolute atomic E-state index is 13.1. The third kappa shape index (κ3) is 41.6. The third-order valence-corrected chi connectivity index (χ3v) is 10.6. The van der Waals surface area contributed by atoms with Gasteiger partial charge in [-0.2, -0.15) is 0 Å². The molecule has 0 saturated carbocycles. The quantitative estimate of drug-likeness (QED) is 0.0247. The lowest BCUT2D eigenvalue weighted by Crippen LogP contribution is -2.46. The van der Waals surface area contributed by atoms with E-state index in [0.29, 0.717) is 19.3 Å². The lowest BCUT2D eigenvalue weighted by atomic mass is 10.0. The number of ether oxygens (including phenoxy) is 1. The molecule has 0 spiro atoms. The second-order valence-electron chi connectivity index (χ2n) is 16.2. The Balaban J connectivity index is 4.70. The van der Waals surface area contributed by atoms with Crippen LogP contribution in [0.2, 0.25) is 0 Å². The molecule has 0 bridgehead atoms. The Kier molecular flexibility index (Phi) is 43.8. The largest absolute Gasteiger partial charge is 0.462 e. The number of hydrogen-bond donors (Lipinski definition) is 3. The number of esters is 1. The van der Waals surface area contributed by atoms with Crippen molar-refractivity contribution in [2.24, 2.45) is 0 Å². The Morgan fingerprint density at radius 2 is 1.00 bits per heavy atom. The van der Waals surface area contributed by atoms with E-state index in [2.05, 4.69) is 62.5 Å². The number of carbonyl (C=O) groups is 2. The molecular weight excluding hydrogens is 731 g/mol. The molecule has 3 unspecified atom stereocenters. The molecule has 0 aromatic heterocycles. The van der Waals surface area contributed by atoms with Crippen molar-refractivity contribution in [1.82, 2.24) is 5.32 Å². The summed E-state index contributed by atoms with van der Waals surface area (Å²) in [5, 5.41) is 23.6. The average Bonchev–Trinajstić information content (AvgIpc) is 3.23. The predicted molar refractivity (Wildman–Crippen MR) is 254 cm³/mol. The van der Waals surface area contributed by atoms with Crippen molar-refractivity contribution in [3.63, 3.8) is 0 Å². The van der Waals surface area contributed by atoms with Gasteiger partial charge in [-0.3, -0.25) is 9.59 Å². The van der Waals surface area contributed by atoms with Crippen LogP contribution in [0.25, 0.3) is 0 Å². The van der Waals surface area contributed by atoms with Crippen molar-refractivity contribution in [3.05, 3.63) is 85.1 Å². The van der Waals surface area contributed by atoms with E-state index in [1.54, 1.807) is 0 Å². The summed E-state index contributed by atoms with van der Waals surface area (Å²) in [4.78, 5) is 26.0. The van der Waals surface area contributed by atoms with E-state index in [9.17, 15) is 19.8 Å². The van der Waals surface area contributed by atoms with E-state index < -0.39 is 18.2 Å². The minimum Gasteiger partial charge on any atom is -0.462 e. The van der Waals surface area contributed by atoms with Gasteiger partial charge in [0.25, 0.3) is 0 Å². The molecule has 0 saturated heterocycles. The highest BCUT2D eigenvalue weighted by atomic mass is 16.5. The highest BCUT2D eigenvalue weighted by molar-refractivity contribution is 5.77. The SMILES string of the molecule is CC/C=C/C=C/C=C\C=C/C=C/CCCC(CC(=O)NC(CO)C(O)CCCCCCCCCCCC)OC(=O)CCCCCCCCC/C=C\C/C=C\CCCCC. The van der Waals surface area contributed by atoms with Crippen LogP contribution in [-0.4, -0.2) is 46.9 Å². The summed E-state index contributed by atoms with van der Waals surface area (Å²) in [6, 6.07) is -0.728. The van der Waals surface area contributed by atoms with Gasteiger partial charge in [-0.05, 0) is 70.6 Å². The number of allylic oxidation sites excluding steroid dienone is 14. The van der Waals surface area contributed by atoms with Crippen LogP contribution in [-0.2, 0) is 14.3 Å². The normalized spacial score (nSPS) is 14.1. The fourth-order valence-electron chi connectivity index (χ4n) is 6.90. The maximum atomic E-state index is 13.1. The fourth-order valence-corrected chi connectivity index (χ4v) is 6.90. The van der Waals surface area contributed by atoms with Gasteiger partial charge in [0.1, 0.15) is 6.10 Å². The Hall–Kier alpha value is -2.96. The molecule has 338 valence electrons. The third-order valence-electron chi connectivity index (χ3n) is 10.6. The molecule has 59 heavy (non-hydrogen) atoms. The zero-order chi connectivity index (χ0) is 43.1. The van der Waals surface area contributed by atoms with Crippen LogP contribution in [0.5, 0.6) is 0 Å². The van der Waals surface area contributed by atoms with Crippen LogP contribution >= 0.6 is 0 Å². The van der Waals surface area contributed by atoms with Gasteiger partial charge in [0.05, 0.1) is 25.2 Å². The van der Waals surface area contributed by atoms with Crippen LogP contribution in [0.3, 0.4) is 0 Å². The van der Waals surface area contributed by atoms with Crippen LogP contribution < -0.4 is 5.32 Å². The molecule has 6 nitrogen and oxygen atoms in total. The minimum atomic E-state index is -0.810. The van der Waals surface area contributed by atoms with Crippen LogP contribution in [0.4, 0.5) is 0 Å². The monoisotopic (exact) mass is 822 g/mol. The average molecular weight is 822 g/mol. The van der Waals surface area contributed by atoms with Crippen molar-refractivity contribution >= 4 is 11.9 Å². The van der Waals surface area contributed by atoms with Gasteiger partial charge in [0, 0.05) is 6.42 Å². The van der Waals surface area contributed by atoms with Gasteiger partial charge in [0.2, 0.25) is 5.91 Å². The molecule has 0 radical (unpaired) electrons. The van der Waals surface area contributed by atoms with Crippen molar-refractivity contribution in [2.45, 2.75) is 232 Å². The summed E-state index contributed by atoms with van der Waals surface area (Å²) >= 11 is 0. The summed E-state index contributed by atoms with van der Waals surface area (Å²) in [5.41, 5.74) is 0. The molecule has 0 aliphatic carbocycles. The minimum absolute atomic E-state index is 0.0214. The van der Waals surface area contributed by atoms with Crippen molar-refractivity contribution < 1.29 is 24.5 Å². The number of aliphatic hydroxyl groups is 2. The number of nitrogens with one attached hydrogen (secondary N) is 1. The van der Waals surface area contributed by atoms with E-state index in [0.717, 1.165) is 70.6 Å². The van der Waals surface area contributed by atoms with Gasteiger partial charge in [-0.25, -0.2) is 0 Å². The van der Waals surface area contributed by atoms with E-state index in [4.69, 9.17) is 4.74 Å². The summed E-state index contributed by atoms with van der Waals surface area (Å²) in [5.74, 6) is -0.562. The number of rotatable bonds is 42. The van der Waals surface area contributed by atoms with Gasteiger partial charge in [0.15, 0.2) is 0 Å². The van der Waals surface area contributed by atoms with E-state index in [1.807, 2.05) is 48.6 Å². The number of amides is 1. The van der Waals surface area contributed by atoms with Crippen LogP contribution in [0.15, 0.2) is 85.1 Å². The number of carbonyl (C=O) groups excluding carboxylic acids is 2. The highest BCUT2D eigenvalue weighted by Gasteiger charge is 2.24. The first-order chi connectivity index (χ1) is 29.0. The lowest BCUT2D eigenvalue weighted by molar-refractivity contribution is -0.151. The molecule has 0 heterocycles. The summed E-state index contributed by atoms with van der Waals surface area (Å²) in [6.45, 7) is 6.26. The zero-order valence-electron chi connectivity index (χ0n) is 38.4. The number of aliphatic hydroxyl groups excluding tert-OH is 2. The van der Waals surface area contributed by atoms with E-state index in [-0.39, 0.29) is 24.9 Å². The highest BCUT2D eigenvalue weighted by Crippen LogP contribution is 2.16. The Bertz CT molecular complexity index is 1150. The van der Waals surface area contributed by atoms with Gasteiger partial charge < -0.3 is 20.3 Å². The molecule has 1 amide bonds. The van der Waals surface area contributed by atoms with Gasteiger partial charge in [-0.1, -0.05) is 215 Å². The molecule has 6 heteroatoms. The first kappa shape index (κ1) is 56.0. The molecule has 3 N–H and O–H groups in total. The second-order valence-corrected chi connectivity index (χ2v) is 16.2. The predicted octanol–water partition coefficient (Wildman–Crippen LogP) is 14.4. The Morgan fingerprint density at radius 1 is 0.525 bits per heavy atom. The van der Waals surface area contributed by atoms with Crippen molar-refractivity contribution in [3.8, 4) is 0 Å². The fraction of sp³-hybridized carbons (Fsp3) is 0.698.